The summed E-state index contributed by atoms with van der Waals surface area (Å²) in [7, 11) is 2.26. The molecule has 1 unspecified atom stereocenters. The molecule has 0 fully saturated rings. The first-order valence-corrected chi connectivity index (χ1v) is 11.5. The summed E-state index contributed by atoms with van der Waals surface area (Å²) < 4.78 is 52.6. The standard InChI is InChI=1S/C23H26N2O6S/c1-28-19-9-7-16(14-21(19)30-3)23-18-6-5-11-24(18)12-13-25(23)32(26,27)17-8-10-20(29-2)22(15-17)31-4/h5-11,14-15,23H,12-13H2,1-4H3. The Hall–Kier alpha value is -3.17. The highest BCUT2D eigenvalue weighted by Gasteiger charge is 2.38. The largest absolute Gasteiger partial charge is 0.493 e. The summed E-state index contributed by atoms with van der Waals surface area (Å²) in [6.07, 6.45) is 1.96. The van der Waals surface area contributed by atoms with Crippen molar-refractivity contribution in [3.8, 4) is 23.0 Å². The van der Waals surface area contributed by atoms with Crippen molar-refractivity contribution in [2.45, 2.75) is 17.5 Å². The van der Waals surface area contributed by atoms with Gasteiger partial charge in [-0.1, -0.05) is 6.07 Å². The first-order valence-electron chi connectivity index (χ1n) is 10.1. The summed E-state index contributed by atoms with van der Waals surface area (Å²) >= 11 is 0. The molecule has 0 radical (unpaired) electrons. The smallest absolute Gasteiger partial charge is 0.244 e. The predicted octanol–water partition coefficient (Wildman–Crippen LogP) is 3.32. The average molecular weight is 459 g/mol. The molecule has 0 amide bonds. The maximum absolute atomic E-state index is 13.8. The Morgan fingerprint density at radius 1 is 0.781 bits per heavy atom. The SMILES string of the molecule is COc1ccc(C2c3cccn3CCN2S(=O)(=O)c2ccc(OC)c(OC)c2)cc1OC. The third-order valence-corrected chi connectivity index (χ3v) is 7.54. The van der Waals surface area contributed by atoms with E-state index in [2.05, 4.69) is 4.57 Å². The van der Waals surface area contributed by atoms with Crippen LogP contribution < -0.4 is 18.9 Å². The molecule has 0 N–H and O–H groups in total. The monoisotopic (exact) mass is 458 g/mol. The number of sulfonamides is 1. The van der Waals surface area contributed by atoms with Crippen LogP contribution in [0.2, 0.25) is 0 Å². The first kappa shape index (κ1) is 22.0. The van der Waals surface area contributed by atoms with Crippen LogP contribution in [0, 0.1) is 0 Å². The zero-order valence-corrected chi connectivity index (χ0v) is 19.3. The van der Waals surface area contributed by atoms with Crippen LogP contribution in [0.3, 0.4) is 0 Å². The minimum absolute atomic E-state index is 0.139. The Bertz CT molecular complexity index is 1220. The highest BCUT2D eigenvalue weighted by molar-refractivity contribution is 7.89. The summed E-state index contributed by atoms with van der Waals surface area (Å²) in [6.45, 7) is 0.871. The van der Waals surface area contributed by atoms with E-state index in [-0.39, 0.29) is 4.90 Å². The Kier molecular flexibility index (Phi) is 6.03. The van der Waals surface area contributed by atoms with Gasteiger partial charge in [0.2, 0.25) is 10.0 Å². The summed E-state index contributed by atoms with van der Waals surface area (Å²) in [5.74, 6) is 1.95. The lowest BCUT2D eigenvalue weighted by Crippen LogP contribution is -2.42. The molecule has 9 heteroatoms. The number of nitrogens with zero attached hydrogens (tertiary/aromatic N) is 2. The number of rotatable bonds is 7. The van der Waals surface area contributed by atoms with Gasteiger partial charge in [-0.25, -0.2) is 8.42 Å². The van der Waals surface area contributed by atoms with Crippen molar-refractivity contribution >= 4 is 10.0 Å². The summed E-state index contributed by atoms with van der Waals surface area (Å²) in [5.41, 5.74) is 1.67. The van der Waals surface area contributed by atoms with Crippen LogP contribution >= 0.6 is 0 Å². The van der Waals surface area contributed by atoms with Gasteiger partial charge < -0.3 is 23.5 Å². The molecular formula is C23H26N2O6S. The van der Waals surface area contributed by atoms with Crippen LogP contribution in [0.15, 0.2) is 59.6 Å². The molecule has 0 saturated carbocycles. The van der Waals surface area contributed by atoms with E-state index >= 15 is 0 Å². The average Bonchev–Trinajstić information content (AvgIpc) is 3.31. The molecule has 0 spiro atoms. The van der Waals surface area contributed by atoms with Gasteiger partial charge in [-0.2, -0.15) is 4.31 Å². The first-order chi connectivity index (χ1) is 15.4. The van der Waals surface area contributed by atoms with E-state index in [1.54, 1.807) is 26.4 Å². The lowest BCUT2D eigenvalue weighted by molar-refractivity contribution is 0.296. The molecular weight excluding hydrogens is 432 g/mol. The predicted molar refractivity (Wildman–Crippen MR) is 119 cm³/mol. The second-order valence-corrected chi connectivity index (χ2v) is 9.17. The minimum atomic E-state index is -3.86. The highest BCUT2D eigenvalue weighted by atomic mass is 32.2. The lowest BCUT2D eigenvalue weighted by Gasteiger charge is -2.36. The van der Waals surface area contributed by atoms with Crippen LogP contribution in [-0.4, -0.2) is 52.3 Å². The van der Waals surface area contributed by atoms with Gasteiger partial charge in [0.1, 0.15) is 0 Å². The van der Waals surface area contributed by atoms with Crippen molar-refractivity contribution in [2.24, 2.45) is 0 Å². The zero-order valence-electron chi connectivity index (χ0n) is 18.4. The van der Waals surface area contributed by atoms with Crippen molar-refractivity contribution in [3.05, 3.63) is 66.0 Å². The van der Waals surface area contributed by atoms with Crippen LogP contribution in [0.1, 0.15) is 17.3 Å². The lowest BCUT2D eigenvalue weighted by atomic mass is 10.0. The van der Waals surface area contributed by atoms with E-state index in [4.69, 9.17) is 18.9 Å². The van der Waals surface area contributed by atoms with Crippen LogP contribution in [-0.2, 0) is 16.6 Å². The fourth-order valence-electron chi connectivity index (χ4n) is 4.09. The van der Waals surface area contributed by atoms with Crippen molar-refractivity contribution < 1.29 is 27.4 Å². The topological polar surface area (TPSA) is 79.2 Å². The second kappa shape index (κ2) is 8.76. The molecule has 32 heavy (non-hydrogen) atoms. The van der Waals surface area contributed by atoms with E-state index in [1.165, 1.54) is 30.7 Å². The van der Waals surface area contributed by atoms with Crippen molar-refractivity contribution in [1.82, 2.24) is 8.87 Å². The van der Waals surface area contributed by atoms with Gasteiger partial charge >= 0.3 is 0 Å². The maximum Gasteiger partial charge on any atom is 0.244 e. The van der Waals surface area contributed by atoms with Crippen molar-refractivity contribution in [1.29, 1.82) is 0 Å². The van der Waals surface area contributed by atoms with Gasteiger partial charge in [-0.15, -0.1) is 0 Å². The highest BCUT2D eigenvalue weighted by Crippen LogP contribution is 2.40. The Morgan fingerprint density at radius 3 is 2.06 bits per heavy atom. The van der Waals surface area contributed by atoms with Crippen molar-refractivity contribution in [2.75, 3.05) is 35.0 Å². The zero-order chi connectivity index (χ0) is 22.9. The third kappa shape index (κ3) is 3.67. The molecule has 2 aromatic carbocycles. The molecule has 1 aliphatic rings. The molecule has 1 atom stereocenters. The molecule has 1 aliphatic heterocycles. The van der Waals surface area contributed by atoms with Crippen LogP contribution in [0.5, 0.6) is 23.0 Å². The number of fused-ring (bicyclic) bond motifs is 1. The second-order valence-electron chi connectivity index (χ2n) is 7.28. The molecule has 2 heterocycles. The summed E-state index contributed by atoms with van der Waals surface area (Å²) in [4.78, 5) is 0.139. The quantitative estimate of drug-likeness (QED) is 0.541. The molecule has 0 bridgehead atoms. The fraction of sp³-hybridized carbons (Fsp3) is 0.304. The maximum atomic E-state index is 13.8. The summed E-state index contributed by atoms with van der Waals surface area (Å²) in [5, 5.41) is 0. The van der Waals surface area contributed by atoms with E-state index in [9.17, 15) is 8.42 Å². The van der Waals surface area contributed by atoms with Gasteiger partial charge in [-0.05, 0) is 42.0 Å². The number of benzene rings is 2. The van der Waals surface area contributed by atoms with Gasteiger partial charge in [0.05, 0.1) is 39.4 Å². The fourth-order valence-corrected chi connectivity index (χ4v) is 5.69. The minimum Gasteiger partial charge on any atom is -0.493 e. The van der Waals surface area contributed by atoms with Gasteiger partial charge in [0.25, 0.3) is 0 Å². The molecule has 1 aromatic heterocycles. The van der Waals surface area contributed by atoms with Gasteiger partial charge in [0, 0.05) is 31.0 Å². The Labute approximate surface area is 187 Å². The number of ether oxygens (including phenoxy) is 4. The third-order valence-electron chi connectivity index (χ3n) is 5.68. The number of hydrogen-bond donors (Lipinski definition) is 0. The normalized spacial score (nSPS) is 16.3. The molecule has 3 aromatic rings. The molecule has 0 aliphatic carbocycles. The Balaban J connectivity index is 1.84. The van der Waals surface area contributed by atoms with E-state index < -0.39 is 16.1 Å². The van der Waals surface area contributed by atoms with E-state index in [0.29, 0.717) is 36.1 Å². The number of methoxy groups -OCH3 is 4. The number of hydrogen-bond acceptors (Lipinski definition) is 6. The Morgan fingerprint density at radius 2 is 1.41 bits per heavy atom. The van der Waals surface area contributed by atoms with E-state index in [1.807, 2.05) is 30.5 Å². The molecule has 4 rings (SSSR count). The summed E-state index contributed by atoms with van der Waals surface area (Å²) in [6, 6.07) is 13.4. The molecule has 8 nitrogen and oxygen atoms in total. The van der Waals surface area contributed by atoms with Gasteiger partial charge in [-0.3, -0.25) is 0 Å². The molecule has 0 saturated heterocycles. The van der Waals surface area contributed by atoms with Crippen LogP contribution in [0.4, 0.5) is 0 Å². The van der Waals surface area contributed by atoms with E-state index in [0.717, 1.165) is 11.3 Å². The van der Waals surface area contributed by atoms with Crippen molar-refractivity contribution in [3.63, 3.8) is 0 Å². The molecule has 170 valence electrons. The number of aromatic nitrogens is 1. The van der Waals surface area contributed by atoms with Gasteiger partial charge in [0.15, 0.2) is 23.0 Å². The van der Waals surface area contributed by atoms with Crippen LogP contribution in [0.25, 0.3) is 0 Å².